The molecule has 6 nitrogen and oxygen atoms in total. The van der Waals surface area contributed by atoms with E-state index >= 15 is 0 Å². The molecule has 70 valence electrons. The molecule has 0 amide bonds. The second-order valence-corrected chi connectivity index (χ2v) is 2.80. The van der Waals surface area contributed by atoms with Crippen molar-refractivity contribution in [1.29, 1.82) is 0 Å². The summed E-state index contributed by atoms with van der Waals surface area (Å²) in [6.07, 6.45) is 1.30. The Morgan fingerprint density at radius 2 is 2.38 bits per heavy atom. The minimum absolute atomic E-state index is 0.0781. The van der Waals surface area contributed by atoms with E-state index in [0.29, 0.717) is 0 Å². The number of anilines is 1. The molecule has 0 bridgehead atoms. The highest BCUT2D eigenvalue weighted by atomic mass is 35.5. The van der Waals surface area contributed by atoms with Crippen LogP contribution in [0.2, 0.25) is 5.02 Å². The summed E-state index contributed by atoms with van der Waals surface area (Å²) >= 11 is 5.54. The molecule has 0 aromatic carbocycles. The highest BCUT2D eigenvalue weighted by molar-refractivity contribution is 6.30. The van der Waals surface area contributed by atoms with Crippen molar-refractivity contribution in [3.8, 4) is 0 Å². The van der Waals surface area contributed by atoms with Crippen molar-refractivity contribution in [2.24, 2.45) is 5.84 Å². The number of hydrogen-bond acceptors (Lipinski definition) is 5. The van der Waals surface area contributed by atoms with Crippen LogP contribution in [0.3, 0.4) is 0 Å². The minimum Gasteiger partial charge on any atom is -0.292 e. The molecule has 1 heterocycles. The fraction of sp³-hybridized carbons (Fsp3) is 0.167. The van der Waals surface area contributed by atoms with Crippen molar-refractivity contribution in [3.05, 3.63) is 27.4 Å². The summed E-state index contributed by atoms with van der Waals surface area (Å²) in [6.45, 7) is 0. The summed E-state index contributed by atoms with van der Waals surface area (Å²) in [4.78, 5) is 13.6. The van der Waals surface area contributed by atoms with E-state index in [2.05, 4.69) is 4.98 Å². The van der Waals surface area contributed by atoms with Crippen LogP contribution >= 0.6 is 11.6 Å². The molecule has 0 atom stereocenters. The van der Waals surface area contributed by atoms with Gasteiger partial charge >= 0.3 is 5.69 Å². The van der Waals surface area contributed by atoms with E-state index in [-0.39, 0.29) is 16.5 Å². The van der Waals surface area contributed by atoms with Crippen molar-refractivity contribution in [2.75, 3.05) is 12.1 Å². The van der Waals surface area contributed by atoms with Gasteiger partial charge in [0.05, 0.1) is 9.95 Å². The van der Waals surface area contributed by atoms with Crippen LogP contribution in [0.5, 0.6) is 0 Å². The number of aromatic nitrogens is 1. The Kier molecular flexibility index (Phi) is 2.64. The Hall–Kier alpha value is -1.40. The lowest BCUT2D eigenvalue weighted by Crippen LogP contribution is -2.26. The number of hydrogen-bond donors (Lipinski definition) is 1. The Labute approximate surface area is 79.0 Å². The molecule has 0 aliphatic carbocycles. The number of nitro groups is 1. The number of rotatable bonds is 2. The van der Waals surface area contributed by atoms with E-state index < -0.39 is 4.92 Å². The maximum absolute atomic E-state index is 10.5. The molecule has 2 N–H and O–H groups in total. The molecule has 0 saturated heterocycles. The van der Waals surface area contributed by atoms with E-state index in [1.165, 1.54) is 19.3 Å². The highest BCUT2D eigenvalue weighted by Gasteiger charge is 2.17. The van der Waals surface area contributed by atoms with Crippen LogP contribution in [0.1, 0.15) is 0 Å². The molecular weight excluding hydrogens is 196 g/mol. The summed E-state index contributed by atoms with van der Waals surface area (Å²) in [7, 11) is 1.46. The zero-order valence-corrected chi connectivity index (χ0v) is 7.52. The smallest absolute Gasteiger partial charge is 0.292 e. The molecule has 0 radical (unpaired) electrons. The lowest BCUT2D eigenvalue weighted by molar-refractivity contribution is -0.384. The monoisotopic (exact) mass is 202 g/mol. The van der Waals surface area contributed by atoms with Crippen LogP contribution in [-0.4, -0.2) is 17.0 Å². The van der Waals surface area contributed by atoms with Gasteiger partial charge in [-0.05, 0) is 0 Å². The van der Waals surface area contributed by atoms with Gasteiger partial charge in [-0.2, -0.15) is 0 Å². The number of pyridine rings is 1. The lowest BCUT2D eigenvalue weighted by Gasteiger charge is -2.10. The van der Waals surface area contributed by atoms with Gasteiger partial charge in [0.1, 0.15) is 0 Å². The van der Waals surface area contributed by atoms with E-state index in [9.17, 15) is 10.1 Å². The summed E-state index contributed by atoms with van der Waals surface area (Å²) in [5.74, 6) is 5.40. The summed E-state index contributed by atoms with van der Waals surface area (Å²) in [5, 5.41) is 11.8. The highest BCUT2D eigenvalue weighted by Crippen LogP contribution is 2.25. The van der Waals surface area contributed by atoms with Crippen LogP contribution in [0.4, 0.5) is 11.5 Å². The molecule has 0 spiro atoms. The van der Waals surface area contributed by atoms with Gasteiger partial charge < -0.3 is 0 Å². The van der Waals surface area contributed by atoms with Gasteiger partial charge in [0.2, 0.25) is 5.82 Å². The number of nitrogens with zero attached hydrogens (tertiary/aromatic N) is 3. The average Bonchev–Trinajstić information content (AvgIpc) is 2.03. The lowest BCUT2D eigenvalue weighted by atomic mass is 10.4. The molecule has 0 aliphatic rings. The summed E-state index contributed by atoms with van der Waals surface area (Å²) < 4.78 is 0. The van der Waals surface area contributed by atoms with E-state index in [1.54, 1.807) is 0 Å². The standard InChI is InChI=1S/C6H7ClN4O2/c1-10(8)6-5(11(12)13)2-4(7)3-9-6/h2-3H,8H2,1H3. The third-order valence-electron chi connectivity index (χ3n) is 1.34. The molecule has 0 unspecified atom stereocenters. The molecule has 1 aromatic heterocycles. The quantitative estimate of drug-likeness (QED) is 0.439. The maximum atomic E-state index is 10.5. The van der Waals surface area contributed by atoms with E-state index in [4.69, 9.17) is 17.4 Å². The first-order valence-corrected chi connectivity index (χ1v) is 3.68. The number of nitrogens with two attached hydrogens (primary N) is 1. The molecule has 0 aliphatic heterocycles. The Morgan fingerprint density at radius 1 is 1.77 bits per heavy atom. The predicted octanol–water partition coefficient (Wildman–Crippen LogP) is 0.953. The first-order valence-electron chi connectivity index (χ1n) is 3.30. The third kappa shape index (κ3) is 2.04. The van der Waals surface area contributed by atoms with Gasteiger partial charge in [0.15, 0.2) is 0 Å². The first kappa shape index (κ1) is 9.69. The van der Waals surface area contributed by atoms with Gasteiger partial charge in [0.25, 0.3) is 0 Å². The SMILES string of the molecule is CN(N)c1ncc(Cl)cc1[N+](=O)[O-]. The van der Waals surface area contributed by atoms with Crippen molar-refractivity contribution in [3.63, 3.8) is 0 Å². The Bertz CT molecular complexity index is 341. The van der Waals surface area contributed by atoms with E-state index in [0.717, 1.165) is 5.01 Å². The van der Waals surface area contributed by atoms with Gasteiger partial charge in [-0.25, -0.2) is 10.8 Å². The van der Waals surface area contributed by atoms with Crippen molar-refractivity contribution in [1.82, 2.24) is 4.98 Å². The summed E-state index contributed by atoms with van der Waals surface area (Å²) in [6, 6.07) is 1.20. The van der Waals surface area contributed by atoms with Crippen molar-refractivity contribution >= 4 is 23.1 Å². The van der Waals surface area contributed by atoms with Gasteiger partial charge in [-0.1, -0.05) is 11.6 Å². The second kappa shape index (κ2) is 3.55. The maximum Gasteiger partial charge on any atom is 0.314 e. The molecule has 7 heteroatoms. The van der Waals surface area contributed by atoms with Gasteiger partial charge in [-0.15, -0.1) is 0 Å². The van der Waals surface area contributed by atoms with Gasteiger partial charge in [-0.3, -0.25) is 15.1 Å². The zero-order chi connectivity index (χ0) is 10.0. The Morgan fingerprint density at radius 3 is 2.85 bits per heavy atom. The van der Waals surface area contributed by atoms with Crippen molar-refractivity contribution < 1.29 is 4.92 Å². The molecule has 1 rings (SSSR count). The fourth-order valence-electron chi connectivity index (χ4n) is 0.827. The molecule has 13 heavy (non-hydrogen) atoms. The van der Waals surface area contributed by atoms with Crippen molar-refractivity contribution in [2.45, 2.75) is 0 Å². The average molecular weight is 203 g/mol. The van der Waals surface area contributed by atoms with Crippen LogP contribution in [0.25, 0.3) is 0 Å². The fourth-order valence-corrected chi connectivity index (χ4v) is 0.980. The normalized spacial score (nSPS) is 9.77. The largest absolute Gasteiger partial charge is 0.314 e. The second-order valence-electron chi connectivity index (χ2n) is 2.36. The number of hydrazine groups is 1. The number of halogens is 1. The topological polar surface area (TPSA) is 85.3 Å². The molecule has 1 aromatic rings. The van der Waals surface area contributed by atoms with Crippen LogP contribution in [0, 0.1) is 10.1 Å². The van der Waals surface area contributed by atoms with Crippen LogP contribution < -0.4 is 10.9 Å². The van der Waals surface area contributed by atoms with E-state index in [1.807, 2.05) is 0 Å². The molecular formula is C6H7ClN4O2. The summed E-state index contributed by atoms with van der Waals surface area (Å²) in [5.41, 5.74) is -0.211. The Balaban J connectivity index is 3.27. The third-order valence-corrected chi connectivity index (χ3v) is 1.55. The minimum atomic E-state index is -0.586. The van der Waals surface area contributed by atoms with Gasteiger partial charge in [0, 0.05) is 19.3 Å². The molecule has 0 saturated carbocycles. The predicted molar refractivity (Wildman–Crippen MR) is 48.5 cm³/mol. The first-order chi connectivity index (χ1) is 6.02. The van der Waals surface area contributed by atoms with Crippen LogP contribution in [0.15, 0.2) is 12.3 Å². The van der Waals surface area contributed by atoms with Crippen LogP contribution in [-0.2, 0) is 0 Å². The zero-order valence-electron chi connectivity index (χ0n) is 6.77. The molecule has 0 fully saturated rings.